The van der Waals surface area contributed by atoms with Gasteiger partial charge in [0, 0.05) is 11.9 Å². The number of anilines is 2. The van der Waals surface area contributed by atoms with Gasteiger partial charge in [0.2, 0.25) is 11.9 Å². The highest BCUT2D eigenvalue weighted by atomic mass is 19.4. The van der Waals surface area contributed by atoms with Crippen LogP contribution in [-0.2, 0) is 10.9 Å². The lowest BCUT2D eigenvalue weighted by atomic mass is 10.2. The predicted octanol–water partition coefficient (Wildman–Crippen LogP) is 3.99. The van der Waals surface area contributed by atoms with Crippen LogP contribution in [0.5, 0.6) is 6.01 Å². The van der Waals surface area contributed by atoms with Gasteiger partial charge in [0.25, 0.3) is 0 Å². The van der Waals surface area contributed by atoms with E-state index in [4.69, 9.17) is 9.47 Å². The summed E-state index contributed by atoms with van der Waals surface area (Å²) in [6.45, 7) is 3.98. The van der Waals surface area contributed by atoms with Crippen LogP contribution in [0, 0.1) is 0 Å². The molecule has 1 amide bonds. The minimum atomic E-state index is -4.40. The number of benzene rings is 1. The van der Waals surface area contributed by atoms with Crippen molar-refractivity contribution in [2.75, 3.05) is 23.9 Å². The standard InChI is InChI=1S/C21H22F3N7O3/c1-4-14-10-34-20(32)31(14)18-27-17(28-19(29-18)33-3)26-12(2)16-9-30(11-25-16)15-7-5-13(6-8-15)21(22,23)24/h5-9,11-12,14H,4,10H2,1-3H3,(H,26,27,28,29)/t12?,14-/m0/s1. The molecule has 3 heterocycles. The molecule has 1 saturated heterocycles. The second-order valence-corrected chi connectivity index (χ2v) is 7.57. The minimum Gasteiger partial charge on any atom is -0.467 e. The summed E-state index contributed by atoms with van der Waals surface area (Å²) in [5, 5.41) is 3.09. The lowest BCUT2D eigenvalue weighted by Gasteiger charge is -2.19. The molecular formula is C21H22F3N7O3. The maximum Gasteiger partial charge on any atom is 0.417 e. The van der Waals surface area contributed by atoms with Gasteiger partial charge in [-0.25, -0.2) is 14.7 Å². The largest absolute Gasteiger partial charge is 0.467 e. The van der Waals surface area contributed by atoms with E-state index in [1.807, 2.05) is 13.8 Å². The summed E-state index contributed by atoms with van der Waals surface area (Å²) < 4.78 is 50.3. The van der Waals surface area contributed by atoms with Gasteiger partial charge in [-0.3, -0.25) is 0 Å². The maximum absolute atomic E-state index is 12.8. The number of methoxy groups -OCH3 is 1. The van der Waals surface area contributed by atoms with Crippen molar-refractivity contribution in [1.29, 1.82) is 0 Å². The topological polar surface area (TPSA) is 107 Å². The third-order valence-electron chi connectivity index (χ3n) is 5.32. The van der Waals surface area contributed by atoms with E-state index in [1.165, 1.54) is 30.5 Å². The molecular weight excluding hydrogens is 455 g/mol. The third kappa shape index (κ3) is 4.72. The molecule has 2 atom stereocenters. The number of hydrogen-bond acceptors (Lipinski definition) is 8. The molecule has 1 unspecified atom stereocenters. The van der Waals surface area contributed by atoms with Crippen LogP contribution in [0.2, 0.25) is 0 Å². The number of hydrogen-bond donors (Lipinski definition) is 1. The van der Waals surface area contributed by atoms with Crippen molar-refractivity contribution in [1.82, 2.24) is 24.5 Å². The molecule has 34 heavy (non-hydrogen) atoms. The van der Waals surface area contributed by atoms with Crippen LogP contribution in [-0.4, -0.2) is 50.4 Å². The summed E-state index contributed by atoms with van der Waals surface area (Å²) in [4.78, 5) is 30.6. The van der Waals surface area contributed by atoms with Gasteiger partial charge in [-0.05, 0) is 37.6 Å². The second kappa shape index (κ2) is 9.15. The smallest absolute Gasteiger partial charge is 0.417 e. The Balaban J connectivity index is 1.53. The highest BCUT2D eigenvalue weighted by Gasteiger charge is 2.36. The number of nitrogens with one attached hydrogen (secondary N) is 1. The highest BCUT2D eigenvalue weighted by Crippen LogP contribution is 2.30. The van der Waals surface area contributed by atoms with E-state index in [-0.39, 0.29) is 36.6 Å². The molecule has 13 heteroatoms. The summed E-state index contributed by atoms with van der Waals surface area (Å²) in [6, 6.07) is 4.20. The Bertz CT molecular complexity index is 1170. The maximum atomic E-state index is 12.8. The highest BCUT2D eigenvalue weighted by molar-refractivity contribution is 5.88. The molecule has 1 aliphatic rings. The lowest BCUT2D eigenvalue weighted by Crippen LogP contribution is -2.34. The van der Waals surface area contributed by atoms with E-state index in [2.05, 4.69) is 25.3 Å². The fourth-order valence-electron chi connectivity index (χ4n) is 3.41. The van der Waals surface area contributed by atoms with Crippen LogP contribution in [0.15, 0.2) is 36.8 Å². The van der Waals surface area contributed by atoms with Crippen molar-refractivity contribution in [3.63, 3.8) is 0 Å². The number of carbonyl (C=O) groups excluding carboxylic acids is 1. The van der Waals surface area contributed by atoms with E-state index in [1.54, 1.807) is 10.8 Å². The predicted molar refractivity (Wildman–Crippen MR) is 115 cm³/mol. The fourth-order valence-corrected chi connectivity index (χ4v) is 3.41. The quantitative estimate of drug-likeness (QED) is 0.544. The number of amides is 1. The van der Waals surface area contributed by atoms with Gasteiger partial charge in [-0.15, -0.1) is 0 Å². The van der Waals surface area contributed by atoms with Crippen molar-refractivity contribution >= 4 is 18.0 Å². The number of rotatable bonds is 7. The monoisotopic (exact) mass is 477 g/mol. The first-order valence-corrected chi connectivity index (χ1v) is 10.4. The van der Waals surface area contributed by atoms with Gasteiger partial charge in [0.15, 0.2) is 0 Å². The Morgan fingerprint density at radius 1 is 1.24 bits per heavy atom. The first-order chi connectivity index (χ1) is 16.2. The van der Waals surface area contributed by atoms with E-state index >= 15 is 0 Å². The summed E-state index contributed by atoms with van der Waals surface area (Å²) in [5.74, 6) is 0.263. The fraction of sp³-hybridized carbons (Fsp3) is 0.381. The molecule has 1 N–H and O–H groups in total. The zero-order chi connectivity index (χ0) is 24.5. The van der Waals surface area contributed by atoms with Gasteiger partial charge >= 0.3 is 18.3 Å². The van der Waals surface area contributed by atoms with Crippen LogP contribution >= 0.6 is 0 Å². The van der Waals surface area contributed by atoms with Gasteiger partial charge in [-0.1, -0.05) is 6.92 Å². The molecule has 10 nitrogen and oxygen atoms in total. The number of cyclic esters (lactones) is 1. The molecule has 0 saturated carbocycles. The molecule has 0 spiro atoms. The molecule has 1 aliphatic heterocycles. The van der Waals surface area contributed by atoms with Crippen LogP contribution in [0.1, 0.15) is 37.6 Å². The van der Waals surface area contributed by atoms with Crippen molar-refractivity contribution in [2.45, 2.75) is 38.5 Å². The number of halogens is 3. The molecule has 180 valence electrons. The van der Waals surface area contributed by atoms with Crippen LogP contribution in [0.25, 0.3) is 5.69 Å². The Morgan fingerprint density at radius 2 is 1.97 bits per heavy atom. The Hall–Kier alpha value is -3.90. The van der Waals surface area contributed by atoms with E-state index < -0.39 is 17.8 Å². The SMILES string of the molecule is CC[C@H]1COC(=O)N1c1nc(NC(C)c2cn(-c3ccc(C(F)(F)F)cc3)cn2)nc(OC)n1. The van der Waals surface area contributed by atoms with E-state index in [9.17, 15) is 18.0 Å². The Labute approximate surface area is 192 Å². The van der Waals surface area contributed by atoms with Crippen molar-refractivity contribution in [3.8, 4) is 11.7 Å². The van der Waals surface area contributed by atoms with Crippen LogP contribution < -0.4 is 15.0 Å². The Morgan fingerprint density at radius 3 is 2.62 bits per heavy atom. The molecule has 1 fully saturated rings. The van der Waals surface area contributed by atoms with Gasteiger partial charge < -0.3 is 19.4 Å². The van der Waals surface area contributed by atoms with Crippen LogP contribution in [0.3, 0.4) is 0 Å². The number of alkyl halides is 3. The summed E-state index contributed by atoms with van der Waals surface area (Å²) >= 11 is 0. The zero-order valence-corrected chi connectivity index (χ0v) is 18.6. The third-order valence-corrected chi connectivity index (χ3v) is 5.32. The second-order valence-electron chi connectivity index (χ2n) is 7.57. The average Bonchev–Trinajstić information content (AvgIpc) is 3.45. The number of imidazole rings is 1. The lowest BCUT2D eigenvalue weighted by molar-refractivity contribution is -0.137. The van der Waals surface area contributed by atoms with Crippen molar-refractivity contribution in [2.24, 2.45) is 0 Å². The zero-order valence-electron chi connectivity index (χ0n) is 18.6. The first-order valence-electron chi connectivity index (χ1n) is 10.4. The number of nitrogens with zero attached hydrogens (tertiary/aromatic N) is 6. The van der Waals surface area contributed by atoms with Crippen LogP contribution in [0.4, 0.5) is 29.9 Å². The summed E-state index contributed by atoms with van der Waals surface area (Å²) in [5.41, 5.74) is 0.396. The molecule has 0 radical (unpaired) electrons. The number of carbonyl (C=O) groups is 1. The Kier molecular flexibility index (Phi) is 6.26. The normalized spacial score (nSPS) is 16.9. The van der Waals surface area contributed by atoms with Gasteiger partial charge in [0.05, 0.1) is 36.8 Å². The van der Waals surface area contributed by atoms with Gasteiger partial charge in [0.1, 0.15) is 6.61 Å². The van der Waals surface area contributed by atoms with E-state index in [0.29, 0.717) is 17.8 Å². The van der Waals surface area contributed by atoms with Gasteiger partial charge in [-0.2, -0.15) is 28.1 Å². The van der Waals surface area contributed by atoms with E-state index in [0.717, 1.165) is 12.1 Å². The molecule has 2 aromatic heterocycles. The van der Waals surface area contributed by atoms with Crippen molar-refractivity contribution in [3.05, 3.63) is 48.0 Å². The minimum absolute atomic E-state index is 0.0181. The summed E-state index contributed by atoms with van der Waals surface area (Å²) in [6.07, 6.45) is -1.11. The van der Waals surface area contributed by atoms with Crippen molar-refractivity contribution < 1.29 is 27.4 Å². The summed E-state index contributed by atoms with van der Waals surface area (Å²) in [7, 11) is 1.40. The molecule has 1 aromatic carbocycles. The first kappa shape index (κ1) is 23.3. The molecule has 3 aromatic rings. The number of aromatic nitrogens is 5. The average molecular weight is 477 g/mol. The number of ether oxygens (including phenoxy) is 2. The molecule has 0 aliphatic carbocycles. The molecule has 0 bridgehead atoms. The molecule has 4 rings (SSSR count).